The summed E-state index contributed by atoms with van der Waals surface area (Å²) in [5.41, 5.74) is 2.68. The summed E-state index contributed by atoms with van der Waals surface area (Å²) in [6.45, 7) is 1.61. The van der Waals surface area contributed by atoms with Crippen LogP contribution in [-0.2, 0) is 25.8 Å². The molecule has 7 nitrogen and oxygen atoms in total. The van der Waals surface area contributed by atoms with Gasteiger partial charge >= 0.3 is 5.97 Å². The zero-order valence-corrected chi connectivity index (χ0v) is 20.4. The number of aryl methyl sites for hydroxylation is 1. The predicted octanol–water partition coefficient (Wildman–Crippen LogP) is 5.08. The lowest BCUT2D eigenvalue weighted by Gasteiger charge is -2.08. The topological polar surface area (TPSA) is 116 Å². The Kier molecular flexibility index (Phi) is 6.22. The van der Waals surface area contributed by atoms with Crippen molar-refractivity contribution in [3.63, 3.8) is 0 Å². The molecule has 1 aliphatic rings. The molecule has 0 unspecified atom stereocenters. The van der Waals surface area contributed by atoms with Gasteiger partial charge in [0.2, 0.25) is 9.84 Å². The normalized spacial score (nSPS) is 14.4. The molecule has 2 heterocycles. The van der Waals surface area contributed by atoms with Crippen LogP contribution in [0.5, 0.6) is 0 Å². The van der Waals surface area contributed by atoms with E-state index in [1.165, 1.54) is 24.3 Å². The zero-order chi connectivity index (χ0) is 23.9. The van der Waals surface area contributed by atoms with Crippen molar-refractivity contribution < 1.29 is 23.1 Å². The van der Waals surface area contributed by atoms with Crippen LogP contribution >= 0.6 is 27.5 Å². The minimum Gasteiger partial charge on any atom is -0.481 e. The minimum absolute atomic E-state index is 0.00536. The molecule has 0 saturated heterocycles. The second-order valence-corrected chi connectivity index (χ2v) is 10.8. The van der Waals surface area contributed by atoms with E-state index in [0.717, 1.165) is 4.47 Å². The molecule has 0 spiro atoms. The molecular formula is C23H18BrClN2O5S. The third kappa shape index (κ3) is 4.48. The van der Waals surface area contributed by atoms with E-state index in [1.807, 2.05) is 0 Å². The van der Waals surface area contributed by atoms with E-state index < -0.39 is 15.8 Å². The van der Waals surface area contributed by atoms with Gasteiger partial charge in [-0.3, -0.25) is 9.59 Å². The maximum absolute atomic E-state index is 13.5. The van der Waals surface area contributed by atoms with Crippen LogP contribution in [0.4, 0.5) is 5.69 Å². The lowest BCUT2D eigenvalue weighted by Crippen LogP contribution is -2.08. The number of aromatic nitrogens is 1. The number of amides is 1. The van der Waals surface area contributed by atoms with E-state index in [4.69, 9.17) is 11.6 Å². The Labute approximate surface area is 203 Å². The quantitative estimate of drug-likeness (QED) is 0.371. The summed E-state index contributed by atoms with van der Waals surface area (Å²) in [5, 5.41) is 12.4. The van der Waals surface area contributed by atoms with Crippen molar-refractivity contribution in [3.8, 4) is 0 Å². The highest BCUT2D eigenvalue weighted by Crippen LogP contribution is 2.37. The number of sulfone groups is 1. The Hall–Kier alpha value is -2.88. The molecule has 33 heavy (non-hydrogen) atoms. The second kappa shape index (κ2) is 8.81. The van der Waals surface area contributed by atoms with Crippen molar-refractivity contribution in [2.75, 3.05) is 5.32 Å². The van der Waals surface area contributed by atoms with Gasteiger partial charge in [-0.25, -0.2) is 8.42 Å². The Morgan fingerprint density at radius 1 is 1.18 bits per heavy atom. The number of anilines is 1. The van der Waals surface area contributed by atoms with Gasteiger partial charge in [-0.15, -0.1) is 0 Å². The van der Waals surface area contributed by atoms with Gasteiger partial charge in [0.25, 0.3) is 5.91 Å². The number of carbonyl (C=O) groups excluding carboxylic acids is 1. The van der Waals surface area contributed by atoms with Crippen LogP contribution in [0.25, 0.3) is 11.6 Å². The summed E-state index contributed by atoms with van der Waals surface area (Å²) >= 11 is 9.30. The van der Waals surface area contributed by atoms with Gasteiger partial charge in [-0.1, -0.05) is 27.5 Å². The lowest BCUT2D eigenvalue weighted by molar-refractivity contribution is -0.137. The minimum atomic E-state index is -3.98. The first-order valence-corrected chi connectivity index (χ1v) is 12.5. The van der Waals surface area contributed by atoms with Crippen LogP contribution in [-0.4, -0.2) is 30.4 Å². The molecule has 1 aliphatic heterocycles. The summed E-state index contributed by atoms with van der Waals surface area (Å²) in [4.78, 5) is 27.0. The first-order chi connectivity index (χ1) is 15.6. The number of aromatic amines is 1. The van der Waals surface area contributed by atoms with Crippen molar-refractivity contribution in [1.82, 2.24) is 4.98 Å². The zero-order valence-electron chi connectivity index (χ0n) is 17.3. The van der Waals surface area contributed by atoms with Crippen molar-refractivity contribution >= 4 is 66.6 Å². The highest BCUT2D eigenvalue weighted by atomic mass is 79.9. The summed E-state index contributed by atoms with van der Waals surface area (Å²) in [7, 11) is -3.98. The van der Waals surface area contributed by atoms with E-state index in [9.17, 15) is 23.1 Å². The molecule has 3 N–H and O–H groups in total. The van der Waals surface area contributed by atoms with Crippen LogP contribution in [0.2, 0.25) is 5.02 Å². The monoisotopic (exact) mass is 548 g/mol. The van der Waals surface area contributed by atoms with Crippen LogP contribution < -0.4 is 5.32 Å². The highest BCUT2D eigenvalue weighted by Gasteiger charge is 2.30. The number of hydrogen-bond acceptors (Lipinski definition) is 4. The fourth-order valence-electron chi connectivity index (χ4n) is 3.83. The standard InChI is InChI=1S/C23H18BrClN2O5S/c1-12-22(33(31,32)15-5-3-14(25)4-6-15)16(7-9-21(28)29)20(26-12)11-18-17-10-13(24)2-8-19(17)27-23(18)30/h2-6,8,10-11,26H,7,9H2,1H3,(H,27,30)(H,28,29). The second-order valence-electron chi connectivity index (χ2n) is 7.52. The fourth-order valence-corrected chi connectivity index (χ4v) is 6.04. The number of aliphatic carboxylic acids is 1. The molecule has 170 valence electrons. The van der Waals surface area contributed by atoms with Gasteiger partial charge in [0.05, 0.1) is 15.4 Å². The molecule has 0 aliphatic carbocycles. The number of carbonyl (C=O) groups is 2. The first kappa shape index (κ1) is 23.3. The largest absolute Gasteiger partial charge is 0.481 e. The van der Waals surface area contributed by atoms with Gasteiger partial charge in [0.15, 0.2) is 0 Å². The summed E-state index contributed by atoms with van der Waals surface area (Å²) in [6, 6.07) is 11.1. The van der Waals surface area contributed by atoms with Crippen LogP contribution in [0, 0.1) is 6.92 Å². The van der Waals surface area contributed by atoms with Crippen LogP contribution in [0.15, 0.2) is 56.7 Å². The SMILES string of the molecule is Cc1[nH]c(C=C2C(=O)Nc3ccc(Br)cc32)c(CCC(=O)O)c1S(=O)(=O)c1ccc(Cl)cc1. The maximum atomic E-state index is 13.5. The number of carboxylic acids is 1. The van der Waals surface area contributed by atoms with Crippen molar-refractivity contribution in [1.29, 1.82) is 0 Å². The number of H-pyrrole nitrogens is 1. The van der Waals surface area contributed by atoms with Gasteiger partial charge in [0.1, 0.15) is 0 Å². The summed E-state index contributed by atoms with van der Waals surface area (Å²) in [5.74, 6) is -1.39. The predicted molar refractivity (Wildman–Crippen MR) is 129 cm³/mol. The molecule has 0 bridgehead atoms. The number of benzene rings is 2. The van der Waals surface area contributed by atoms with Gasteiger partial charge in [-0.05, 0) is 67.4 Å². The lowest BCUT2D eigenvalue weighted by atomic mass is 10.0. The van der Waals surface area contributed by atoms with E-state index in [2.05, 4.69) is 26.2 Å². The van der Waals surface area contributed by atoms with Gasteiger partial charge in [0, 0.05) is 38.6 Å². The Balaban J connectivity index is 1.90. The van der Waals surface area contributed by atoms with Crippen LogP contribution in [0.3, 0.4) is 0 Å². The van der Waals surface area contributed by atoms with E-state index in [0.29, 0.717) is 38.8 Å². The molecule has 1 aromatic heterocycles. The molecule has 2 aromatic carbocycles. The van der Waals surface area contributed by atoms with Crippen molar-refractivity contribution in [2.24, 2.45) is 0 Å². The molecule has 0 radical (unpaired) electrons. The average molecular weight is 550 g/mol. The fraction of sp³-hybridized carbons (Fsp3) is 0.130. The molecule has 0 saturated carbocycles. The smallest absolute Gasteiger partial charge is 0.303 e. The van der Waals surface area contributed by atoms with E-state index in [-0.39, 0.29) is 28.5 Å². The first-order valence-electron chi connectivity index (χ1n) is 9.85. The maximum Gasteiger partial charge on any atom is 0.303 e. The number of halogens is 2. The number of fused-ring (bicyclic) bond motifs is 1. The molecule has 0 atom stereocenters. The average Bonchev–Trinajstić information content (AvgIpc) is 3.23. The molecular weight excluding hydrogens is 532 g/mol. The van der Waals surface area contributed by atoms with Crippen molar-refractivity contribution in [3.05, 3.63) is 74.5 Å². The third-order valence-corrected chi connectivity index (χ3v) is 8.02. The molecule has 0 fully saturated rings. The summed E-state index contributed by atoms with van der Waals surface area (Å²) < 4.78 is 27.7. The summed E-state index contributed by atoms with van der Waals surface area (Å²) in [6.07, 6.45) is 1.26. The highest BCUT2D eigenvalue weighted by molar-refractivity contribution is 9.10. The Morgan fingerprint density at radius 3 is 2.55 bits per heavy atom. The van der Waals surface area contributed by atoms with E-state index in [1.54, 1.807) is 31.2 Å². The third-order valence-electron chi connectivity index (χ3n) is 5.30. The van der Waals surface area contributed by atoms with Crippen LogP contribution in [0.1, 0.15) is 28.9 Å². The molecule has 1 amide bonds. The Bertz CT molecular complexity index is 1430. The Morgan fingerprint density at radius 2 is 1.88 bits per heavy atom. The van der Waals surface area contributed by atoms with Gasteiger partial charge < -0.3 is 15.4 Å². The molecule has 10 heteroatoms. The number of carboxylic acid groups (broad SMARTS) is 1. The van der Waals surface area contributed by atoms with Crippen molar-refractivity contribution in [2.45, 2.75) is 29.6 Å². The number of nitrogens with one attached hydrogen (secondary N) is 2. The van der Waals surface area contributed by atoms with Gasteiger partial charge in [-0.2, -0.15) is 0 Å². The number of rotatable bonds is 6. The van der Waals surface area contributed by atoms with E-state index >= 15 is 0 Å². The molecule has 4 rings (SSSR count). The molecule has 3 aromatic rings. The number of hydrogen-bond donors (Lipinski definition) is 3.